The molecule has 0 saturated carbocycles. The van der Waals surface area contributed by atoms with Gasteiger partial charge in [-0.25, -0.2) is 4.79 Å². The maximum Gasteiger partial charge on any atom is 0.331 e. The van der Waals surface area contributed by atoms with Gasteiger partial charge in [-0.15, -0.1) is 0 Å². The van der Waals surface area contributed by atoms with Crippen molar-refractivity contribution in [2.24, 2.45) is 5.16 Å². The van der Waals surface area contributed by atoms with Crippen molar-refractivity contribution in [3.8, 4) is 0 Å². The molecule has 0 spiro atoms. The number of carbonyl (C=O) groups is 1. The minimum atomic E-state index is -0.481. The Kier molecular flexibility index (Phi) is 6.82. The van der Waals surface area contributed by atoms with Crippen LogP contribution in [0.5, 0.6) is 0 Å². The fourth-order valence-corrected chi connectivity index (χ4v) is 3.73. The van der Waals surface area contributed by atoms with E-state index in [1.807, 2.05) is 24.3 Å². The summed E-state index contributed by atoms with van der Waals surface area (Å²) in [5, 5.41) is 16.9. The maximum absolute atomic E-state index is 11.3. The summed E-state index contributed by atoms with van der Waals surface area (Å²) >= 11 is 0. The molecule has 30 heavy (non-hydrogen) atoms. The smallest absolute Gasteiger partial charge is 0.331 e. The van der Waals surface area contributed by atoms with Crippen LogP contribution in [0, 0.1) is 10.1 Å². The van der Waals surface area contributed by atoms with Crippen LogP contribution in [0.3, 0.4) is 0 Å². The minimum Gasteiger partial charge on any atom is -0.340 e. The van der Waals surface area contributed by atoms with Crippen molar-refractivity contribution in [1.29, 1.82) is 0 Å². The number of fused-ring (bicyclic) bond motifs is 3. The fraction of sp³-hybridized carbons (Fsp3) is 0.391. The Labute approximate surface area is 175 Å². The highest BCUT2D eigenvalue weighted by molar-refractivity contribution is 6.12. The van der Waals surface area contributed by atoms with E-state index in [0.717, 1.165) is 46.8 Å². The third kappa shape index (κ3) is 4.67. The maximum atomic E-state index is 11.3. The van der Waals surface area contributed by atoms with Crippen LogP contribution in [0.4, 0.5) is 5.69 Å². The number of hydrogen-bond donors (Lipinski definition) is 0. The number of benzene rings is 2. The molecule has 0 unspecified atom stereocenters. The van der Waals surface area contributed by atoms with Gasteiger partial charge in [0.25, 0.3) is 5.69 Å². The average Bonchev–Trinajstić information content (AvgIpc) is 3.04. The first-order chi connectivity index (χ1) is 14.4. The molecule has 0 aliphatic rings. The molecule has 1 aromatic heterocycles. The van der Waals surface area contributed by atoms with Gasteiger partial charge in [0.05, 0.1) is 10.6 Å². The molecule has 0 radical (unpaired) electrons. The van der Waals surface area contributed by atoms with Gasteiger partial charge in [-0.2, -0.15) is 0 Å². The lowest BCUT2D eigenvalue weighted by Gasteiger charge is -2.08. The van der Waals surface area contributed by atoms with E-state index in [-0.39, 0.29) is 10.6 Å². The van der Waals surface area contributed by atoms with Crippen molar-refractivity contribution < 1.29 is 14.6 Å². The molecule has 3 aromatic rings. The lowest BCUT2D eigenvalue weighted by Crippen LogP contribution is -2.00. The quantitative estimate of drug-likeness (QED) is 0.143. The van der Waals surface area contributed by atoms with Crippen molar-refractivity contribution in [1.82, 2.24) is 4.57 Å². The SMILES string of the molecule is CCCCCCCn1c2ccc(/C(C)=N/OC(C)=O)cc2c2cc([N+](=O)[O-])ccc21. The van der Waals surface area contributed by atoms with Crippen molar-refractivity contribution in [2.75, 3.05) is 0 Å². The summed E-state index contributed by atoms with van der Waals surface area (Å²) < 4.78 is 2.24. The Morgan fingerprint density at radius 3 is 2.37 bits per heavy atom. The van der Waals surface area contributed by atoms with Gasteiger partial charge in [-0.3, -0.25) is 10.1 Å². The lowest BCUT2D eigenvalue weighted by atomic mass is 10.1. The molecular weight excluding hydrogens is 382 g/mol. The van der Waals surface area contributed by atoms with Crippen LogP contribution >= 0.6 is 0 Å². The Hall–Kier alpha value is -3.22. The number of carbonyl (C=O) groups excluding carboxylic acids is 1. The molecule has 0 atom stereocenters. The summed E-state index contributed by atoms with van der Waals surface area (Å²) in [5.74, 6) is -0.481. The van der Waals surface area contributed by atoms with E-state index >= 15 is 0 Å². The number of nitro groups is 1. The number of oxime groups is 1. The molecule has 3 rings (SSSR count). The van der Waals surface area contributed by atoms with Gasteiger partial charge >= 0.3 is 5.97 Å². The molecule has 1 heterocycles. The highest BCUT2D eigenvalue weighted by atomic mass is 16.7. The summed E-state index contributed by atoms with van der Waals surface area (Å²) in [6.45, 7) is 6.12. The van der Waals surface area contributed by atoms with Crippen molar-refractivity contribution in [3.05, 3.63) is 52.1 Å². The van der Waals surface area contributed by atoms with Gasteiger partial charge in [0, 0.05) is 47.4 Å². The number of aromatic nitrogens is 1. The fourth-order valence-electron chi connectivity index (χ4n) is 3.73. The van der Waals surface area contributed by atoms with E-state index in [2.05, 4.69) is 16.6 Å². The highest BCUT2D eigenvalue weighted by Gasteiger charge is 2.16. The Morgan fingerprint density at radius 1 is 1.03 bits per heavy atom. The van der Waals surface area contributed by atoms with Crippen LogP contribution in [0.25, 0.3) is 21.8 Å². The molecule has 158 valence electrons. The van der Waals surface area contributed by atoms with Crippen LogP contribution in [-0.2, 0) is 16.2 Å². The van der Waals surface area contributed by atoms with Crippen LogP contribution in [0.1, 0.15) is 58.4 Å². The Morgan fingerprint density at radius 2 is 1.70 bits per heavy atom. The number of aryl methyl sites for hydroxylation is 1. The molecule has 0 aliphatic carbocycles. The second kappa shape index (κ2) is 9.52. The van der Waals surface area contributed by atoms with Crippen LogP contribution in [-0.4, -0.2) is 21.2 Å². The second-order valence-corrected chi connectivity index (χ2v) is 7.52. The van der Waals surface area contributed by atoms with Gasteiger partial charge < -0.3 is 9.40 Å². The average molecular weight is 409 g/mol. The molecule has 0 aliphatic heterocycles. The van der Waals surface area contributed by atoms with Gasteiger partial charge in [0.2, 0.25) is 0 Å². The molecule has 0 saturated heterocycles. The third-order valence-corrected chi connectivity index (χ3v) is 5.27. The van der Waals surface area contributed by atoms with Gasteiger partial charge in [-0.1, -0.05) is 43.8 Å². The predicted octanol–water partition coefficient (Wildman–Crippen LogP) is 5.96. The molecule has 2 aromatic carbocycles. The molecule has 0 amide bonds. The number of nitrogens with zero attached hydrogens (tertiary/aromatic N) is 3. The highest BCUT2D eigenvalue weighted by Crippen LogP contribution is 2.33. The molecule has 7 heteroatoms. The minimum absolute atomic E-state index is 0.0696. The predicted molar refractivity (Wildman–Crippen MR) is 119 cm³/mol. The third-order valence-electron chi connectivity index (χ3n) is 5.27. The molecular formula is C23H27N3O4. The van der Waals surface area contributed by atoms with Gasteiger partial charge in [0.1, 0.15) is 0 Å². The summed E-state index contributed by atoms with van der Waals surface area (Å²) in [5.41, 5.74) is 3.46. The van der Waals surface area contributed by atoms with Crippen LogP contribution in [0.2, 0.25) is 0 Å². The zero-order valence-electron chi connectivity index (χ0n) is 17.7. The van der Waals surface area contributed by atoms with E-state index in [1.54, 1.807) is 19.1 Å². The van der Waals surface area contributed by atoms with E-state index in [9.17, 15) is 14.9 Å². The first-order valence-corrected chi connectivity index (χ1v) is 10.3. The summed E-state index contributed by atoms with van der Waals surface area (Å²) in [7, 11) is 0. The standard InChI is InChI=1S/C23H27N3O4/c1-4-5-6-7-8-13-25-22-11-9-18(16(2)24-30-17(3)27)14-20(22)21-15-19(26(28)29)10-12-23(21)25/h9-12,14-15H,4-8,13H2,1-3H3/b24-16+. The van der Waals surface area contributed by atoms with E-state index in [1.165, 1.54) is 26.2 Å². The Bertz CT molecular complexity index is 1110. The summed E-state index contributed by atoms with van der Waals surface area (Å²) in [6.07, 6.45) is 5.88. The zero-order chi connectivity index (χ0) is 21.7. The molecule has 0 fully saturated rings. The molecule has 0 bridgehead atoms. The zero-order valence-corrected chi connectivity index (χ0v) is 17.7. The number of non-ortho nitro benzene ring substituents is 1. The van der Waals surface area contributed by atoms with Crippen molar-refractivity contribution in [3.63, 3.8) is 0 Å². The normalized spacial score (nSPS) is 11.9. The molecule has 0 N–H and O–H groups in total. The topological polar surface area (TPSA) is 86.7 Å². The van der Waals surface area contributed by atoms with E-state index < -0.39 is 5.97 Å². The van der Waals surface area contributed by atoms with Crippen LogP contribution < -0.4 is 0 Å². The van der Waals surface area contributed by atoms with Crippen molar-refractivity contribution in [2.45, 2.75) is 59.4 Å². The van der Waals surface area contributed by atoms with Gasteiger partial charge in [-0.05, 0) is 37.1 Å². The monoisotopic (exact) mass is 409 g/mol. The summed E-state index contributed by atoms with van der Waals surface area (Å²) in [6, 6.07) is 10.9. The van der Waals surface area contributed by atoms with Crippen LogP contribution in [0.15, 0.2) is 41.6 Å². The number of unbranched alkanes of at least 4 members (excludes halogenated alkanes) is 4. The summed E-state index contributed by atoms with van der Waals surface area (Å²) in [4.78, 5) is 26.7. The number of hydrogen-bond acceptors (Lipinski definition) is 5. The van der Waals surface area contributed by atoms with E-state index in [0.29, 0.717) is 5.71 Å². The largest absolute Gasteiger partial charge is 0.340 e. The number of rotatable bonds is 9. The first kappa shape index (κ1) is 21.5. The first-order valence-electron chi connectivity index (χ1n) is 10.3. The Balaban J connectivity index is 2.07. The second-order valence-electron chi connectivity index (χ2n) is 7.52. The van der Waals surface area contributed by atoms with Crippen molar-refractivity contribution >= 4 is 39.2 Å². The van der Waals surface area contributed by atoms with E-state index in [4.69, 9.17) is 4.84 Å². The van der Waals surface area contributed by atoms with Gasteiger partial charge in [0.15, 0.2) is 0 Å². The molecule has 7 nitrogen and oxygen atoms in total. The number of nitro benzene ring substituents is 1. The lowest BCUT2D eigenvalue weighted by molar-refractivity contribution is -0.384.